The summed E-state index contributed by atoms with van der Waals surface area (Å²) in [5.41, 5.74) is 4.84. The van der Waals surface area contributed by atoms with Crippen LogP contribution in [0.3, 0.4) is 0 Å². The van der Waals surface area contributed by atoms with Crippen molar-refractivity contribution in [2.75, 3.05) is 32.7 Å². The van der Waals surface area contributed by atoms with E-state index < -0.39 is 5.54 Å². The molecule has 2 heterocycles. The Labute approximate surface area is 139 Å². The fraction of sp³-hybridized carbons (Fsp3) is 0.882. The molecule has 0 aromatic heterocycles. The molecule has 0 radical (unpaired) electrons. The lowest BCUT2D eigenvalue weighted by atomic mass is 9.87. The fourth-order valence-corrected chi connectivity index (χ4v) is 3.55. The van der Waals surface area contributed by atoms with Gasteiger partial charge in [-0.15, -0.1) is 0 Å². The van der Waals surface area contributed by atoms with Crippen LogP contribution in [-0.2, 0) is 4.79 Å². The molecule has 0 unspecified atom stereocenters. The molecule has 0 atom stereocenters. The highest BCUT2D eigenvalue weighted by atomic mass is 16.2. The number of carbonyl (C=O) groups is 2. The topological polar surface area (TPSA) is 78.7 Å². The smallest absolute Gasteiger partial charge is 0.325 e. The molecule has 0 saturated carbocycles. The summed E-state index contributed by atoms with van der Waals surface area (Å²) in [7, 11) is 0. The van der Waals surface area contributed by atoms with Gasteiger partial charge in [-0.25, -0.2) is 4.79 Å². The van der Waals surface area contributed by atoms with E-state index in [1.54, 1.807) is 0 Å². The molecule has 6 nitrogen and oxygen atoms in total. The van der Waals surface area contributed by atoms with Crippen LogP contribution >= 0.6 is 0 Å². The number of carbonyl (C=O) groups excluding carboxylic acids is 2. The quantitative estimate of drug-likeness (QED) is 0.500. The maximum atomic E-state index is 12.7. The number of imide groups is 1. The second-order valence-corrected chi connectivity index (χ2v) is 6.87. The summed E-state index contributed by atoms with van der Waals surface area (Å²) in [6.07, 6.45) is 8.16. The maximum Gasteiger partial charge on any atom is 0.325 e. The molecule has 0 aromatic rings. The van der Waals surface area contributed by atoms with Gasteiger partial charge in [0.15, 0.2) is 0 Å². The number of nitrogens with one attached hydrogen (secondary N) is 1. The number of nitrogens with zero attached hydrogens (tertiary/aromatic N) is 2. The number of urea groups is 1. The summed E-state index contributed by atoms with van der Waals surface area (Å²) in [6, 6.07) is -0.219. The lowest BCUT2D eigenvalue weighted by Gasteiger charge is -2.37. The molecule has 0 aliphatic carbocycles. The third-order valence-electron chi connectivity index (χ3n) is 5.12. The molecule has 0 aromatic carbocycles. The molecule has 2 rings (SSSR count). The molecule has 2 aliphatic heterocycles. The van der Waals surface area contributed by atoms with Crippen molar-refractivity contribution in [2.24, 2.45) is 5.73 Å². The normalized spacial score (nSPS) is 21.2. The van der Waals surface area contributed by atoms with Gasteiger partial charge < -0.3 is 16.0 Å². The Bertz CT molecular complexity index is 405. The van der Waals surface area contributed by atoms with Gasteiger partial charge in [0.2, 0.25) is 0 Å². The van der Waals surface area contributed by atoms with Gasteiger partial charge in [0.1, 0.15) is 5.54 Å². The summed E-state index contributed by atoms with van der Waals surface area (Å²) < 4.78 is 0. The molecule has 132 valence electrons. The lowest BCUT2D eigenvalue weighted by Crippen LogP contribution is -2.55. The second kappa shape index (κ2) is 8.64. The van der Waals surface area contributed by atoms with Gasteiger partial charge in [-0.3, -0.25) is 9.69 Å². The Morgan fingerprint density at radius 1 is 1.04 bits per heavy atom. The van der Waals surface area contributed by atoms with E-state index in [1.807, 2.05) is 0 Å². The van der Waals surface area contributed by atoms with Crippen molar-refractivity contribution in [3.8, 4) is 0 Å². The fourth-order valence-electron chi connectivity index (χ4n) is 3.55. The second-order valence-electron chi connectivity index (χ2n) is 6.87. The van der Waals surface area contributed by atoms with Crippen LogP contribution in [-0.4, -0.2) is 60.0 Å². The molecular weight excluding hydrogens is 292 g/mol. The van der Waals surface area contributed by atoms with Crippen molar-refractivity contribution in [3.63, 3.8) is 0 Å². The number of hydrogen-bond acceptors (Lipinski definition) is 4. The Morgan fingerprint density at radius 2 is 1.74 bits per heavy atom. The van der Waals surface area contributed by atoms with E-state index in [0.29, 0.717) is 13.1 Å². The van der Waals surface area contributed by atoms with E-state index in [4.69, 9.17) is 5.73 Å². The maximum absolute atomic E-state index is 12.7. The van der Waals surface area contributed by atoms with Crippen molar-refractivity contribution in [2.45, 2.75) is 63.8 Å². The largest absolute Gasteiger partial charge is 0.330 e. The minimum atomic E-state index is -0.639. The molecule has 2 saturated heterocycles. The minimum Gasteiger partial charge on any atom is -0.330 e. The number of nitrogens with two attached hydrogens (primary N) is 1. The first-order valence-electron chi connectivity index (χ1n) is 9.19. The van der Waals surface area contributed by atoms with E-state index in [9.17, 15) is 9.59 Å². The zero-order chi connectivity index (χ0) is 16.7. The summed E-state index contributed by atoms with van der Waals surface area (Å²) in [6.45, 7) is 6.21. The van der Waals surface area contributed by atoms with Gasteiger partial charge in [-0.1, -0.05) is 26.2 Å². The zero-order valence-electron chi connectivity index (χ0n) is 14.5. The third kappa shape index (κ3) is 4.44. The van der Waals surface area contributed by atoms with Crippen LogP contribution in [0, 0.1) is 0 Å². The zero-order valence-corrected chi connectivity index (χ0v) is 14.5. The number of likely N-dealkylation sites (tertiary alicyclic amines) is 1. The van der Waals surface area contributed by atoms with Crippen LogP contribution in [0.5, 0.6) is 0 Å². The Balaban J connectivity index is 1.80. The molecule has 23 heavy (non-hydrogen) atoms. The van der Waals surface area contributed by atoms with Crippen LogP contribution in [0.2, 0.25) is 0 Å². The Hall–Kier alpha value is -1.14. The van der Waals surface area contributed by atoms with E-state index in [-0.39, 0.29) is 11.9 Å². The minimum absolute atomic E-state index is 0.0230. The van der Waals surface area contributed by atoms with Gasteiger partial charge in [0.25, 0.3) is 5.91 Å². The summed E-state index contributed by atoms with van der Waals surface area (Å²) in [4.78, 5) is 28.6. The van der Waals surface area contributed by atoms with Gasteiger partial charge >= 0.3 is 6.03 Å². The highest BCUT2D eigenvalue weighted by Crippen LogP contribution is 2.29. The Kier molecular flexibility index (Phi) is 6.84. The first-order chi connectivity index (χ1) is 11.1. The molecule has 6 heteroatoms. The van der Waals surface area contributed by atoms with Gasteiger partial charge in [0, 0.05) is 19.6 Å². The summed E-state index contributed by atoms with van der Waals surface area (Å²) >= 11 is 0. The van der Waals surface area contributed by atoms with E-state index >= 15 is 0 Å². The average Bonchev–Trinajstić information content (AvgIpc) is 2.78. The van der Waals surface area contributed by atoms with Crippen molar-refractivity contribution in [3.05, 3.63) is 0 Å². The molecule has 1 spiro atoms. The lowest BCUT2D eigenvalue weighted by molar-refractivity contribution is -0.133. The summed E-state index contributed by atoms with van der Waals surface area (Å²) in [5.74, 6) is -0.0230. The molecule has 2 aliphatic rings. The van der Waals surface area contributed by atoms with Crippen LogP contribution in [0.25, 0.3) is 0 Å². The highest BCUT2D eigenvalue weighted by Gasteiger charge is 2.51. The summed E-state index contributed by atoms with van der Waals surface area (Å²) in [5, 5.41) is 2.97. The number of amides is 3. The van der Waals surface area contributed by atoms with Crippen LogP contribution < -0.4 is 11.1 Å². The third-order valence-corrected chi connectivity index (χ3v) is 5.12. The first-order valence-corrected chi connectivity index (χ1v) is 9.19. The van der Waals surface area contributed by atoms with Gasteiger partial charge in [-0.2, -0.15) is 0 Å². The number of hydrogen-bond donors (Lipinski definition) is 2. The molecular formula is C17H32N4O2. The molecule has 2 fully saturated rings. The highest BCUT2D eigenvalue weighted by molar-refractivity contribution is 6.07. The van der Waals surface area contributed by atoms with Gasteiger partial charge in [-0.05, 0) is 45.2 Å². The van der Waals surface area contributed by atoms with E-state index in [1.165, 1.54) is 30.6 Å². The molecule has 3 N–H and O–H groups in total. The van der Waals surface area contributed by atoms with Crippen molar-refractivity contribution in [1.82, 2.24) is 15.1 Å². The number of rotatable bonds is 9. The molecule has 3 amide bonds. The van der Waals surface area contributed by atoms with Crippen LogP contribution in [0.1, 0.15) is 58.3 Å². The molecule has 0 bridgehead atoms. The monoisotopic (exact) mass is 324 g/mol. The predicted octanol–water partition coefficient (Wildman–Crippen LogP) is 1.69. The first kappa shape index (κ1) is 18.2. The van der Waals surface area contributed by atoms with Crippen molar-refractivity contribution in [1.29, 1.82) is 0 Å². The van der Waals surface area contributed by atoms with Crippen LogP contribution in [0.4, 0.5) is 4.79 Å². The number of unbranched alkanes of at least 4 members (excludes halogenated alkanes) is 4. The number of piperidine rings is 1. The van der Waals surface area contributed by atoms with Crippen molar-refractivity contribution < 1.29 is 9.59 Å². The van der Waals surface area contributed by atoms with Gasteiger partial charge in [0.05, 0.1) is 0 Å². The van der Waals surface area contributed by atoms with E-state index in [2.05, 4.69) is 17.1 Å². The van der Waals surface area contributed by atoms with Crippen molar-refractivity contribution >= 4 is 11.9 Å². The SMILES string of the molecule is CCCCCCN1CCC2(CC1)NC(=O)N(CCCCN)C2=O. The standard InChI is InChI=1S/C17H32N4O2/c1-2-3-4-6-11-20-13-8-17(9-14-20)15(22)21(16(23)19-17)12-7-5-10-18/h2-14,18H2,1H3,(H,19,23). The predicted molar refractivity (Wildman–Crippen MR) is 91.1 cm³/mol. The van der Waals surface area contributed by atoms with E-state index in [0.717, 1.165) is 45.3 Å². The average molecular weight is 324 g/mol. The Morgan fingerprint density at radius 3 is 2.39 bits per heavy atom. The van der Waals surface area contributed by atoms with Crippen LogP contribution in [0.15, 0.2) is 0 Å².